The molecule has 2 aromatic carbocycles. The van der Waals surface area contributed by atoms with Crippen molar-refractivity contribution in [2.45, 2.75) is 6.54 Å². The Morgan fingerprint density at radius 1 is 0.923 bits per heavy atom. The summed E-state index contributed by atoms with van der Waals surface area (Å²) in [5.41, 5.74) is 2.49. The van der Waals surface area contributed by atoms with Crippen LogP contribution in [0.3, 0.4) is 0 Å². The average Bonchev–Trinajstić information content (AvgIpc) is 2.88. The number of hydrogen-bond donors (Lipinski definition) is 1. The molecule has 4 rings (SSSR count). The topological polar surface area (TPSA) is 75.2 Å². The van der Waals surface area contributed by atoms with Gasteiger partial charge in [0.25, 0.3) is 11.8 Å². The second-order valence-corrected chi connectivity index (χ2v) is 6.18. The number of nitrogens with zero attached hydrogens (tertiary/aromatic N) is 3. The van der Waals surface area contributed by atoms with Crippen LogP contribution >= 0.6 is 11.6 Å². The van der Waals surface area contributed by atoms with Crippen LogP contribution in [-0.2, 0) is 6.54 Å². The molecule has 0 saturated heterocycles. The zero-order valence-electron chi connectivity index (χ0n) is 13.5. The van der Waals surface area contributed by atoms with Crippen LogP contribution in [0.5, 0.6) is 0 Å². The van der Waals surface area contributed by atoms with Crippen molar-refractivity contribution in [3.63, 3.8) is 0 Å². The zero-order chi connectivity index (χ0) is 18.1. The van der Waals surface area contributed by atoms with Gasteiger partial charge >= 0.3 is 0 Å². The number of carbonyl (C=O) groups is 2. The van der Waals surface area contributed by atoms with E-state index in [-0.39, 0.29) is 18.4 Å². The molecular formula is C19H13ClN4O2. The fourth-order valence-electron chi connectivity index (χ4n) is 2.86. The highest BCUT2D eigenvalue weighted by atomic mass is 35.5. The molecule has 2 amide bonds. The van der Waals surface area contributed by atoms with Crippen LogP contribution in [0.4, 0.5) is 11.5 Å². The van der Waals surface area contributed by atoms with Gasteiger partial charge in [0.2, 0.25) is 0 Å². The molecule has 1 aromatic heterocycles. The molecule has 0 spiro atoms. The molecule has 1 aliphatic rings. The molecule has 0 bridgehead atoms. The molecule has 0 radical (unpaired) electrons. The number of imide groups is 1. The number of nitrogens with one attached hydrogen (secondary N) is 1. The molecule has 26 heavy (non-hydrogen) atoms. The predicted octanol–water partition coefficient (Wildman–Crippen LogP) is 3.67. The number of carbonyl (C=O) groups excluding carboxylic acids is 2. The van der Waals surface area contributed by atoms with E-state index in [0.29, 0.717) is 22.1 Å². The Hall–Kier alpha value is -3.25. The molecule has 0 unspecified atom stereocenters. The van der Waals surface area contributed by atoms with Crippen molar-refractivity contribution in [1.29, 1.82) is 0 Å². The van der Waals surface area contributed by atoms with Gasteiger partial charge in [-0.25, -0.2) is 9.97 Å². The fourth-order valence-corrected chi connectivity index (χ4v) is 3.01. The Balaban J connectivity index is 1.55. The minimum absolute atomic E-state index is 0.201. The molecule has 2 heterocycles. The average molecular weight is 365 g/mol. The number of rotatable bonds is 4. The van der Waals surface area contributed by atoms with E-state index in [1.807, 2.05) is 24.3 Å². The number of anilines is 2. The van der Waals surface area contributed by atoms with Crippen LogP contribution in [0.25, 0.3) is 0 Å². The van der Waals surface area contributed by atoms with Gasteiger partial charge in [0.05, 0.1) is 17.7 Å². The van der Waals surface area contributed by atoms with Crippen molar-refractivity contribution in [2.24, 2.45) is 0 Å². The largest absolute Gasteiger partial charge is 0.340 e. The van der Waals surface area contributed by atoms with Crippen LogP contribution in [0.15, 0.2) is 60.9 Å². The van der Waals surface area contributed by atoms with Crippen LogP contribution in [0.2, 0.25) is 5.15 Å². The third kappa shape index (κ3) is 3.02. The van der Waals surface area contributed by atoms with Gasteiger partial charge in [0.15, 0.2) is 0 Å². The minimum Gasteiger partial charge on any atom is -0.340 e. The quantitative estimate of drug-likeness (QED) is 0.564. The Labute approximate surface area is 154 Å². The van der Waals surface area contributed by atoms with E-state index in [9.17, 15) is 9.59 Å². The summed E-state index contributed by atoms with van der Waals surface area (Å²) in [5.74, 6) is 0.0148. The highest BCUT2D eigenvalue weighted by Gasteiger charge is 2.34. The Morgan fingerprint density at radius 2 is 1.65 bits per heavy atom. The van der Waals surface area contributed by atoms with Crippen molar-refractivity contribution in [3.8, 4) is 0 Å². The molecule has 128 valence electrons. The lowest BCUT2D eigenvalue weighted by Crippen LogP contribution is -2.29. The highest BCUT2D eigenvalue weighted by Crippen LogP contribution is 2.25. The second-order valence-electron chi connectivity index (χ2n) is 5.79. The van der Waals surface area contributed by atoms with Crippen molar-refractivity contribution >= 4 is 34.9 Å². The van der Waals surface area contributed by atoms with E-state index in [4.69, 9.17) is 11.6 Å². The molecule has 0 fully saturated rings. The van der Waals surface area contributed by atoms with Gasteiger partial charge in [-0.15, -0.1) is 0 Å². The molecule has 0 aliphatic carbocycles. The maximum Gasteiger partial charge on any atom is 0.261 e. The van der Waals surface area contributed by atoms with Gasteiger partial charge in [-0.1, -0.05) is 35.9 Å². The molecule has 0 saturated carbocycles. The van der Waals surface area contributed by atoms with E-state index in [1.165, 1.54) is 11.2 Å². The lowest BCUT2D eigenvalue weighted by molar-refractivity contribution is 0.0642. The van der Waals surface area contributed by atoms with Crippen LogP contribution in [0.1, 0.15) is 26.3 Å². The van der Waals surface area contributed by atoms with E-state index in [0.717, 1.165) is 11.3 Å². The third-order valence-corrected chi connectivity index (χ3v) is 4.26. The number of amides is 2. The molecular weight excluding hydrogens is 352 g/mol. The number of benzene rings is 2. The maximum absolute atomic E-state index is 12.5. The summed E-state index contributed by atoms with van der Waals surface area (Å²) in [5, 5.41) is 3.46. The SMILES string of the molecule is O=C1c2ccccc2C(=O)N1Cc1cccc(Nc2cc(Cl)ncn2)c1. The summed E-state index contributed by atoms with van der Waals surface area (Å²) in [4.78, 5) is 34.2. The minimum atomic E-state index is -0.272. The van der Waals surface area contributed by atoms with E-state index in [2.05, 4.69) is 15.3 Å². The van der Waals surface area contributed by atoms with Gasteiger partial charge in [-0.2, -0.15) is 0 Å². The molecule has 1 N–H and O–H groups in total. The monoisotopic (exact) mass is 364 g/mol. The van der Waals surface area contributed by atoms with Crippen molar-refractivity contribution in [1.82, 2.24) is 14.9 Å². The molecule has 3 aromatic rings. The summed E-state index contributed by atoms with van der Waals surface area (Å²) in [7, 11) is 0. The first kappa shape index (κ1) is 16.2. The smallest absolute Gasteiger partial charge is 0.261 e. The molecule has 1 aliphatic heterocycles. The lowest BCUT2D eigenvalue weighted by atomic mass is 10.1. The first-order valence-corrected chi connectivity index (χ1v) is 8.28. The van der Waals surface area contributed by atoms with Crippen molar-refractivity contribution in [3.05, 3.63) is 82.8 Å². The van der Waals surface area contributed by atoms with E-state index < -0.39 is 0 Å². The van der Waals surface area contributed by atoms with E-state index in [1.54, 1.807) is 30.3 Å². The standard InChI is InChI=1S/C19H13ClN4O2/c20-16-9-17(22-11-21-16)23-13-5-3-4-12(8-13)10-24-18(25)14-6-1-2-7-15(14)19(24)26/h1-9,11H,10H2,(H,21,22,23). The Kier molecular flexibility index (Phi) is 4.10. The van der Waals surface area contributed by atoms with Gasteiger partial charge in [-0.3, -0.25) is 14.5 Å². The predicted molar refractivity (Wildman–Crippen MR) is 97.4 cm³/mol. The Morgan fingerprint density at radius 3 is 2.35 bits per heavy atom. The summed E-state index contributed by atoms with van der Waals surface area (Å²) < 4.78 is 0. The normalized spacial score (nSPS) is 13.0. The first-order valence-electron chi connectivity index (χ1n) is 7.90. The van der Waals surface area contributed by atoms with Crippen LogP contribution < -0.4 is 5.32 Å². The highest BCUT2D eigenvalue weighted by molar-refractivity contribution is 6.29. The summed E-state index contributed by atoms with van der Waals surface area (Å²) >= 11 is 5.86. The number of fused-ring (bicyclic) bond motifs is 1. The van der Waals surface area contributed by atoms with Gasteiger partial charge in [-0.05, 0) is 29.8 Å². The van der Waals surface area contributed by atoms with E-state index >= 15 is 0 Å². The maximum atomic E-state index is 12.5. The lowest BCUT2D eigenvalue weighted by Gasteiger charge is -2.15. The zero-order valence-corrected chi connectivity index (χ0v) is 14.3. The Bertz CT molecular complexity index is 987. The van der Waals surface area contributed by atoms with Gasteiger partial charge in [0, 0.05) is 11.8 Å². The van der Waals surface area contributed by atoms with Crippen LogP contribution in [0, 0.1) is 0 Å². The number of aromatic nitrogens is 2. The summed E-state index contributed by atoms with van der Waals surface area (Å²) in [6.45, 7) is 0.201. The van der Waals surface area contributed by atoms with Crippen molar-refractivity contribution in [2.75, 3.05) is 5.32 Å². The molecule has 6 nitrogen and oxygen atoms in total. The molecule has 0 atom stereocenters. The third-order valence-electron chi connectivity index (χ3n) is 4.05. The number of halogens is 1. The summed E-state index contributed by atoms with van der Waals surface area (Å²) in [6, 6.07) is 15.9. The second kappa shape index (κ2) is 6.57. The van der Waals surface area contributed by atoms with Gasteiger partial charge in [0.1, 0.15) is 17.3 Å². The summed E-state index contributed by atoms with van der Waals surface area (Å²) in [6.07, 6.45) is 1.37. The van der Waals surface area contributed by atoms with Gasteiger partial charge < -0.3 is 5.32 Å². The van der Waals surface area contributed by atoms with Crippen LogP contribution in [-0.4, -0.2) is 26.7 Å². The number of hydrogen-bond acceptors (Lipinski definition) is 5. The fraction of sp³-hybridized carbons (Fsp3) is 0.0526. The molecule has 7 heteroatoms. The van der Waals surface area contributed by atoms with Crippen molar-refractivity contribution < 1.29 is 9.59 Å². The first-order chi connectivity index (χ1) is 12.6.